The number of rotatable bonds is 5. The van der Waals surface area contributed by atoms with Crippen molar-refractivity contribution >= 4 is 16.5 Å². The van der Waals surface area contributed by atoms with E-state index in [0.717, 1.165) is 25.6 Å². The van der Waals surface area contributed by atoms with Crippen molar-refractivity contribution < 1.29 is 0 Å². The lowest BCUT2D eigenvalue weighted by atomic mass is 9.94. The SMILES string of the molecule is CCCNCc1csc(N2CCC(C)CC2C)n1. The number of nitrogens with zero attached hydrogens (tertiary/aromatic N) is 2. The van der Waals surface area contributed by atoms with Gasteiger partial charge >= 0.3 is 0 Å². The number of aromatic nitrogens is 1. The number of hydrogen-bond donors (Lipinski definition) is 1. The van der Waals surface area contributed by atoms with Crippen LogP contribution in [-0.4, -0.2) is 24.1 Å². The summed E-state index contributed by atoms with van der Waals surface area (Å²) < 4.78 is 0. The van der Waals surface area contributed by atoms with Crippen LogP contribution in [0, 0.1) is 5.92 Å². The van der Waals surface area contributed by atoms with E-state index in [2.05, 4.69) is 36.4 Å². The van der Waals surface area contributed by atoms with Crippen LogP contribution in [0.4, 0.5) is 5.13 Å². The summed E-state index contributed by atoms with van der Waals surface area (Å²) >= 11 is 1.79. The molecular formula is C14H25N3S. The van der Waals surface area contributed by atoms with Crippen molar-refractivity contribution in [1.29, 1.82) is 0 Å². The predicted molar refractivity (Wildman–Crippen MR) is 79.3 cm³/mol. The lowest BCUT2D eigenvalue weighted by Crippen LogP contribution is -2.40. The Bertz CT molecular complexity index is 364. The van der Waals surface area contributed by atoms with Crippen molar-refractivity contribution in [3.05, 3.63) is 11.1 Å². The van der Waals surface area contributed by atoms with E-state index in [1.54, 1.807) is 11.3 Å². The van der Waals surface area contributed by atoms with Crippen molar-refractivity contribution in [3.8, 4) is 0 Å². The standard InChI is InChI=1S/C14H25N3S/c1-4-6-15-9-13-10-18-14(16-13)17-7-5-11(2)8-12(17)3/h10-12,15H,4-9H2,1-3H3. The second-order valence-electron chi connectivity index (χ2n) is 5.47. The van der Waals surface area contributed by atoms with Gasteiger partial charge in [0.2, 0.25) is 0 Å². The quantitative estimate of drug-likeness (QED) is 0.830. The summed E-state index contributed by atoms with van der Waals surface area (Å²) in [6, 6.07) is 0.636. The summed E-state index contributed by atoms with van der Waals surface area (Å²) in [5.41, 5.74) is 1.19. The fraction of sp³-hybridized carbons (Fsp3) is 0.786. The van der Waals surface area contributed by atoms with Gasteiger partial charge in [0, 0.05) is 24.5 Å². The Morgan fingerprint density at radius 1 is 1.50 bits per heavy atom. The highest BCUT2D eigenvalue weighted by atomic mass is 32.1. The summed E-state index contributed by atoms with van der Waals surface area (Å²) in [7, 11) is 0. The molecule has 0 amide bonds. The van der Waals surface area contributed by atoms with E-state index in [-0.39, 0.29) is 0 Å². The number of nitrogens with one attached hydrogen (secondary N) is 1. The zero-order valence-corrected chi connectivity index (χ0v) is 12.6. The largest absolute Gasteiger partial charge is 0.345 e. The summed E-state index contributed by atoms with van der Waals surface area (Å²) in [4.78, 5) is 7.24. The molecular weight excluding hydrogens is 242 g/mol. The summed E-state index contributed by atoms with van der Waals surface area (Å²) in [6.45, 7) is 10.0. The highest BCUT2D eigenvalue weighted by Gasteiger charge is 2.24. The van der Waals surface area contributed by atoms with Gasteiger partial charge in [-0.2, -0.15) is 0 Å². The maximum Gasteiger partial charge on any atom is 0.185 e. The molecule has 1 aliphatic heterocycles. The first-order valence-electron chi connectivity index (χ1n) is 7.12. The Balaban J connectivity index is 1.92. The van der Waals surface area contributed by atoms with E-state index in [4.69, 9.17) is 4.98 Å². The van der Waals surface area contributed by atoms with Crippen molar-refractivity contribution in [1.82, 2.24) is 10.3 Å². The zero-order chi connectivity index (χ0) is 13.0. The van der Waals surface area contributed by atoms with Gasteiger partial charge in [-0.15, -0.1) is 11.3 Å². The van der Waals surface area contributed by atoms with Crippen LogP contribution in [0.1, 0.15) is 45.7 Å². The normalized spacial score (nSPS) is 24.5. The van der Waals surface area contributed by atoms with E-state index >= 15 is 0 Å². The van der Waals surface area contributed by atoms with Gasteiger partial charge in [-0.25, -0.2) is 4.98 Å². The van der Waals surface area contributed by atoms with E-state index in [9.17, 15) is 0 Å². The number of anilines is 1. The van der Waals surface area contributed by atoms with Gasteiger partial charge in [0.15, 0.2) is 5.13 Å². The van der Waals surface area contributed by atoms with Crippen LogP contribution < -0.4 is 10.2 Å². The Morgan fingerprint density at radius 2 is 2.33 bits per heavy atom. The minimum Gasteiger partial charge on any atom is -0.345 e. The summed E-state index contributed by atoms with van der Waals surface area (Å²) in [6.07, 6.45) is 3.77. The van der Waals surface area contributed by atoms with Gasteiger partial charge in [-0.3, -0.25) is 0 Å². The molecule has 0 radical (unpaired) electrons. The highest BCUT2D eigenvalue weighted by Crippen LogP contribution is 2.29. The van der Waals surface area contributed by atoms with Crippen LogP contribution in [0.5, 0.6) is 0 Å². The topological polar surface area (TPSA) is 28.2 Å². The molecule has 1 aliphatic rings. The van der Waals surface area contributed by atoms with Crippen molar-refractivity contribution in [2.75, 3.05) is 18.0 Å². The minimum absolute atomic E-state index is 0.636. The molecule has 2 atom stereocenters. The average molecular weight is 267 g/mol. The number of hydrogen-bond acceptors (Lipinski definition) is 4. The third-order valence-electron chi connectivity index (χ3n) is 3.66. The van der Waals surface area contributed by atoms with Gasteiger partial charge in [0.25, 0.3) is 0 Å². The molecule has 2 heterocycles. The van der Waals surface area contributed by atoms with Gasteiger partial charge in [-0.1, -0.05) is 13.8 Å². The van der Waals surface area contributed by atoms with Crippen LogP contribution in [0.15, 0.2) is 5.38 Å². The van der Waals surface area contributed by atoms with Crippen LogP contribution in [0.25, 0.3) is 0 Å². The first kappa shape index (κ1) is 13.8. The third-order valence-corrected chi connectivity index (χ3v) is 4.58. The van der Waals surface area contributed by atoms with Crippen LogP contribution in [0.2, 0.25) is 0 Å². The van der Waals surface area contributed by atoms with Crippen LogP contribution in [0.3, 0.4) is 0 Å². The van der Waals surface area contributed by atoms with E-state index in [0.29, 0.717) is 6.04 Å². The lowest BCUT2D eigenvalue weighted by molar-refractivity contribution is 0.377. The molecule has 2 rings (SSSR count). The molecule has 1 aromatic rings. The molecule has 1 aromatic heterocycles. The summed E-state index contributed by atoms with van der Waals surface area (Å²) in [5, 5.41) is 6.82. The first-order valence-corrected chi connectivity index (χ1v) is 8.00. The molecule has 0 aromatic carbocycles. The molecule has 1 N–H and O–H groups in total. The molecule has 0 spiro atoms. The second-order valence-corrected chi connectivity index (χ2v) is 6.31. The van der Waals surface area contributed by atoms with Crippen LogP contribution in [-0.2, 0) is 6.54 Å². The molecule has 3 nitrogen and oxygen atoms in total. The number of thiazole rings is 1. The van der Waals surface area contributed by atoms with Gasteiger partial charge in [0.05, 0.1) is 5.69 Å². The molecule has 2 unspecified atom stereocenters. The maximum absolute atomic E-state index is 4.76. The smallest absolute Gasteiger partial charge is 0.185 e. The second kappa shape index (κ2) is 6.53. The molecule has 1 saturated heterocycles. The molecule has 102 valence electrons. The molecule has 4 heteroatoms. The first-order chi connectivity index (χ1) is 8.70. The fourth-order valence-corrected chi connectivity index (χ4v) is 3.55. The fourth-order valence-electron chi connectivity index (χ4n) is 2.59. The zero-order valence-electron chi connectivity index (χ0n) is 11.8. The molecule has 0 saturated carbocycles. The highest BCUT2D eigenvalue weighted by molar-refractivity contribution is 7.13. The Labute approximate surface area is 115 Å². The lowest BCUT2D eigenvalue weighted by Gasteiger charge is -2.36. The van der Waals surface area contributed by atoms with Crippen molar-refractivity contribution in [2.45, 2.75) is 52.6 Å². The molecule has 1 fully saturated rings. The van der Waals surface area contributed by atoms with E-state index in [1.165, 1.54) is 30.1 Å². The van der Waals surface area contributed by atoms with Gasteiger partial charge in [-0.05, 0) is 38.6 Å². The van der Waals surface area contributed by atoms with Gasteiger partial charge in [0.1, 0.15) is 0 Å². The number of piperidine rings is 1. The average Bonchev–Trinajstić information content (AvgIpc) is 2.78. The molecule has 0 aliphatic carbocycles. The predicted octanol–water partition coefficient (Wildman–Crippen LogP) is 3.27. The van der Waals surface area contributed by atoms with Crippen molar-refractivity contribution in [3.63, 3.8) is 0 Å². The third kappa shape index (κ3) is 3.45. The van der Waals surface area contributed by atoms with Gasteiger partial charge < -0.3 is 10.2 Å². The Morgan fingerprint density at radius 3 is 3.06 bits per heavy atom. The Hall–Kier alpha value is -0.610. The minimum atomic E-state index is 0.636. The van der Waals surface area contributed by atoms with Crippen LogP contribution >= 0.6 is 11.3 Å². The van der Waals surface area contributed by atoms with E-state index < -0.39 is 0 Å². The molecule has 0 bridgehead atoms. The maximum atomic E-state index is 4.76. The van der Waals surface area contributed by atoms with E-state index in [1.807, 2.05) is 0 Å². The van der Waals surface area contributed by atoms with Crippen molar-refractivity contribution in [2.24, 2.45) is 5.92 Å². The molecule has 18 heavy (non-hydrogen) atoms. The monoisotopic (exact) mass is 267 g/mol. The summed E-state index contributed by atoms with van der Waals surface area (Å²) in [5.74, 6) is 0.863. The Kier molecular flexibility index (Phi) is 5.01.